The molecule has 0 heterocycles. The van der Waals surface area contributed by atoms with E-state index in [1.165, 1.54) is 7.11 Å². The molecule has 4 unspecified atom stereocenters. The SMILES string of the molecule is COC(=O)C1C2C=CC(CC2)C1NC(=O)OCc1ccccc1. The molecular weight excluding hydrogens is 294 g/mol. The molecule has 4 rings (SSSR count). The monoisotopic (exact) mass is 315 g/mol. The van der Waals surface area contributed by atoms with Gasteiger partial charge in [-0.3, -0.25) is 4.79 Å². The number of carbonyl (C=O) groups is 2. The van der Waals surface area contributed by atoms with Crippen LogP contribution in [0.1, 0.15) is 18.4 Å². The minimum atomic E-state index is -0.492. The summed E-state index contributed by atoms with van der Waals surface area (Å²) in [5.41, 5.74) is 0.928. The highest BCUT2D eigenvalue weighted by molar-refractivity contribution is 5.76. The maximum Gasteiger partial charge on any atom is 0.407 e. The average Bonchev–Trinajstić information content (AvgIpc) is 2.61. The number of esters is 1. The van der Waals surface area contributed by atoms with Gasteiger partial charge in [-0.25, -0.2) is 4.79 Å². The summed E-state index contributed by atoms with van der Waals surface area (Å²) in [6, 6.07) is 9.25. The fraction of sp³-hybridized carbons (Fsp3) is 0.444. The van der Waals surface area contributed by atoms with Crippen LogP contribution in [0.3, 0.4) is 0 Å². The van der Waals surface area contributed by atoms with Crippen molar-refractivity contribution in [3.8, 4) is 0 Å². The minimum Gasteiger partial charge on any atom is -0.469 e. The van der Waals surface area contributed by atoms with Crippen molar-refractivity contribution in [2.24, 2.45) is 17.8 Å². The molecule has 5 nitrogen and oxygen atoms in total. The number of alkyl carbamates (subject to hydrolysis) is 1. The van der Waals surface area contributed by atoms with E-state index in [1.807, 2.05) is 30.3 Å². The Balaban J connectivity index is 1.62. The maximum atomic E-state index is 12.1. The highest BCUT2D eigenvalue weighted by atomic mass is 16.5. The first-order chi connectivity index (χ1) is 11.2. The Bertz CT molecular complexity index is 598. The largest absolute Gasteiger partial charge is 0.469 e. The molecule has 4 atom stereocenters. The van der Waals surface area contributed by atoms with E-state index in [0.29, 0.717) is 0 Å². The molecular formula is C18H21NO4. The van der Waals surface area contributed by atoms with Gasteiger partial charge in [-0.2, -0.15) is 0 Å². The van der Waals surface area contributed by atoms with E-state index < -0.39 is 6.09 Å². The number of benzene rings is 1. The van der Waals surface area contributed by atoms with E-state index in [2.05, 4.69) is 17.5 Å². The summed E-state index contributed by atoms with van der Waals surface area (Å²) >= 11 is 0. The number of fused-ring (bicyclic) bond motifs is 2. The van der Waals surface area contributed by atoms with Crippen LogP contribution in [0.15, 0.2) is 42.5 Å². The molecule has 3 aliphatic carbocycles. The molecule has 3 aliphatic rings. The highest BCUT2D eigenvalue weighted by Gasteiger charge is 2.46. The van der Waals surface area contributed by atoms with Gasteiger partial charge < -0.3 is 14.8 Å². The average molecular weight is 315 g/mol. The van der Waals surface area contributed by atoms with Crippen LogP contribution in [0.5, 0.6) is 0 Å². The molecule has 1 aromatic carbocycles. The van der Waals surface area contributed by atoms with Crippen molar-refractivity contribution in [3.05, 3.63) is 48.0 Å². The zero-order valence-electron chi connectivity index (χ0n) is 13.1. The summed E-state index contributed by atoms with van der Waals surface area (Å²) in [5, 5.41) is 2.87. The first-order valence-corrected chi connectivity index (χ1v) is 7.92. The van der Waals surface area contributed by atoms with Crippen LogP contribution in [-0.4, -0.2) is 25.2 Å². The number of rotatable bonds is 4. The number of amides is 1. The quantitative estimate of drug-likeness (QED) is 0.685. The lowest BCUT2D eigenvalue weighted by Crippen LogP contribution is -2.54. The first-order valence-electron chi connectivity index (χ1n) is 7.92. The third kappa shape index (κ3) is 3.38. The molecule has 0 aromatic heterocycles. The lowest BCUT2D eigenvalue weighted by atomic mass is 9.66. The Morgan fingerprint density at radius 1 is 1.13 bits per heavy atom. The van der Waals surface area contributed by atoms with Crippen molar-refractivity contribution >= 4 is 12.1 Å². The summed E-state index contributed by atoms with van der Waals surface area (Å²) in [4.78, 5) is 24.2. The zero-order valence-corrected chi connectivity index (χ0v) is 13.1. The van der Waals surface area contributed by atoms with Crippen LogP contribution in [0.4, 0.5) is 4.79 Å². The Kier molecular flexibility index (Phi) is 4.65. The lowest BCUT2D eigenvalue weighted by molar-refractivity contribution is -0.150. The van der Waals surface area contributed by atoms with Crippen molar-refractivity contribution in [2.75, 3.05) is 7.11 Å². The molecule has 1 fully saturated rings. The fourth-order valence-electron chi connectivity index (χ4n) is 3.55. The molecule has 1 amide bonds. The predicted octanol–water partition coefficient (Wildman–Crippen LogP) is 2.67. The number of allylic oxidation sites excluding steroid dienone is 1. The number of nitrogens with one attached hydrogen (secondary N) is 1. The molecule has 122 valence electrons. The Labute approximate surface area is 135 Å². The van der Waals surface area contributed by atoms with Crippen LogP contribution in [-0.2, 0) is 20.9 Å². The Morgan fingerprint density at radius 3 is 2.48 bits per heavy atom. The summed E-state index contributed by atoms with van der Waals surface area (Å²) in [6.45, 7) is 0.215. The van der Waals surface area contributed by atoms with Gasteiger partial charge in [-0.1, -0.05) is 42.5 Å². The molecule has 0 saturated heterocycles. The van der Waals surface area contributed by atoms with Gasteiger partial charge >= 0.3 is 12.1 Å². The number of ether oxygens (including phenoxy) is 2. The summed E-state index contributed by atoms with van der Waals surface area (Å²) in [5.74, 6) is -0.300. The van der Waals surface area contributed by atoms with Gasteiger partial charge in [-0.05, 0) is 30.2 Å². The van der Waals surface area contributed by atoms with Crippen LogP contribution in [0.2, 0.25) is 0 Å². The van der Waals surface area contributed by atoms with E-state index in [4.69, 9.17) is 9.47 Å². The van der Waals surface area contributed by atoms with Gasteiger partial charge in [0.15, 0.2) is 0 Å². The third-order valence-corrected chi connectivity index (χ3v) is 4.72. The van der Waals surface area contributed by atoms with Gasteiger partial charge in [0.05, 0.1) is 19.1 Å². The Morgan fingerprint density at radius 2 is 1.83 bits per heavy atom. The van der Waals surface area contributed by atoms with Gasteiger partial charge in [0.25, 0.3) is 0 Å². The van der Waals surface area contributed by atoms with Crippen LogP contribution < -0.4 is 5.32 Å². The van der Waals surface area contributed by atoms with Crippen molar-refractivity contribution in [1.82, 2.24) is 5.32 Å². The lowest BCUT2D eigenvalue weighted by Gasteiger charge is -2.43. The second-order valence-electron chi connectivity index (χ2n) is 6.07. The summed E-state index contributed by atoms with van der Waals surface area (Å²) in [6.07, 6.45) is 5.60. The fourth-order valence-corrected chi connectivity index (χ4v) is 3.55. The van der Waals surface area contributed by atoms with Gasteiger partial charge in [-0.15, -0.1) is 0 Å². The van der Waals surface area contributed by atoms with E-state index in [-0.39, 0.29) is 36.4 Å². The Hall–Kier alpha value is -2.30. The van der Waals surface area contributed by atoms with Crippen molar-refractivity contribution in [1.29, 1.82) is 0 Å². The van der Waals surface area contributed by atoms with E-state index in [0.717, 1.165) is 18.4 Å². The van der Waals surface area contributed by atoms with Crippen molar-refractivity contribution < 1.29 is 19.1 Å². The van der Waals surface area contributed by atoms with E-state index in [1.54, 1.807) is 0 Å². The highest BCUT2D eigenvalue weighted by Crippen LogP contribution is 2.41. The first kappa shape index (κ1) is 15.6. The van der Waals surface area contributed by atoms with Crippen molar-refractivity contribution in [2.45, 2.75) is 25.5 Å². The van der Waals surface area contributed by atoms with E-state index in [9.17, 15) is 9.59 Å². The number of methoxy groups -OCH3 is 1. The third-order valence-electron chi connectivity index (χ3n) is 4.72. The molecule has 0 radical (unpaired) electrons. The summed E-state index contributed by atoms with van der Waals surface area (Å²) < 4.78 is 10.2. The number of hydrogen-bond acceptors (Lipinski definition) is 4. The second kappa shape index (κ2) is 6.86. The number of carbonyl (C=O) groups excluding carboxylic acids is 2. The van der Waals surface area contributed by atoms with E-state index >= 15 is 0 Å². The predicted molar refractivity (Wildman–Crippen MR) is 84.4 cm³/mol. The molecule has 5 heteroatoms. The van der Waals surface area contributed by atoms with Gasteiger partial charge in [0, 0.05) is 0 Å². The maximum absolute atomic E-state index is 12.1. The normalized spacial score (nSPS) is 28.2. The molecule has 1 aromatic rings. The van der Waals surface area contributed by atoms with Crippen LogP contribution in [0.25, 0.3) is 0 Å². The molecule has 1 saturated carbocycles. The van der Waals surface area contributed by atoms with Crippen LogP contribution in [0, 0.1) is 17.8 Å². The topological polar surface area (TPSA) is 64.6 Å². The molecule has 2 bridgehead atoms. The summed E-state index contributed by atoms with van der Waals surface area (Å²) in [7, 11) is 1.39. The van der Waals surface area contributed by atoms with Gasteiger partial charge in [0.2, 0.25) is 0 Å². The number of hydrogen-bond donors (Lipinski definition) is 1. The molecule has 0 spiro atoms. The molecule has 23 heavy (non-hydrogen) atoms. The van der Waals surface area contributed by atoms with Crippen molar-refractivity contribution in [3.63, 3.8) is 0 Å². The minimum absolute atomic E-state index is 0.131. The zero-order chi connectivity index (χ0) is 16.2. The van der Waals surface area contributed by atoms with Gasteiger partial charge in [0.1, 0.15) is 6.61 Å². The molecule has 1 N–H and O–H groups in total. The smallest absolute Gasteiger partial charge is 0.407 e. The van der Waals surface area contributed by atoms with Crippen LogP contribution >= 0.6 is 0 Å². The second-order valence-corrected chi connectivity index (χ2v) is 6.07. The standard InChI is InChI=1S/C18H21NO4/c1-22-17(20)15-13-7-9-14(10-8-13)16(15)19-18(21)23-11-12-5-3-2-4-6-12/h2-7,9,13-16H,8,10-11H2,1H3,(H,19,21). The molecule has 0 aliphatic heterocycles.